The molecule has 0 unspecified atom stereocenters. The Balaban J connectivity index is 1.36. The largest absolute Gasteiger partial charge is 0.489 e. The molecule has 2 aromatic rings. The van der Waals surface area contributed by atoms with Crippen LogP contribution in [0.15, 0.2) is 54.9 Å². The number of hydrogen-bond acceptors (Lipinski definition) is 5. The Morgan fingerprint density at radius 2 is 1.86 bits per heavy atom. The Labute approximate surface area is 172 Å². The SMILES string of the molecule is CNC(=O)[C@@H]1C[C@H](Oc2ccccc2)CN1C1CCN(Cc2ccncc2)CC1. The second-order valence-electron chi connectivity index (χ2n) is 7.98. The van der Waals surface area contributed by atoms with Crippen molar-refractivity contribution in [2.75, 3.05) is 26.7 Å². The van der Waals surface area contributed by atoms with E-state index in [0.29, 0.717) is 6.04 Å². The van der Waals surface area contributed by atoms with Crippen LogP contribution in [-0.4, -0.2) is 65.6 Å². The van der Waals surface area contributed by atoms with E-state index < -0.39 is 0 Å². The maximum Gasteiger partial charge on any atom is 0.237 e. The fourth-order valence-corrected chi connectivity index (χ4v) is 4.58. The molecule has 1 aromatic heterocycles. The lowest BCUT2D eigenvalue weighted by Gasteiger charge is -2.38. The van der Waals surface area contributed by atoms with Gasteiger partial charge in [0, 0.05) is 45.0 Å². The lowest BCUT2D eigenvalue weighted by molar-refractivity contribution is -0.126. The number of likely N-dealkylation sites (N-methyl/N-ethyl adjacent to an activating group) is 1. The van der Waals surface area contributed by atoms with Crippen molar-refractivity contribution in [3.63, 3.8) is 0 Å². The van der Waals surface area contributed by atoms with Crippen LogP contribution in [0.1, 0.15) is 24.8 Å². The third kappa shape index (κ3) is 4.95. The average Bonchev–Trinajstić information content (AvgIpc) is 3.19. The van der Waals surface area contributed by atoms with Gasteiger partial charge in [-0.05, 0) is 55.8 Å². The molecule has 2 atom stereocenters. The lowest BCUT2D eigenvalue weighted by atomic mass is 10.0. The van der Waals surface area contributed by atoms with Crippen molar-refractivity contribution in [1.29, 1.82) is 0 Å². The van der Waals surface area contributed by atoms with Gasteiger partial charge >= 0.3 is 0 Å². The predicted octanol–water partition coefficient (Wildman–Crippen LogP) is 2.31. The predicted molar refractivity (Wildman–Crippen MR) is 113 cm³/mol. The molecule has 2 aliphatic rings. The number of piperidine rings is 1. The van der Waals surface area contributed by atoms with Crippen molar-refractivity contribution in [3.05, 3.63) is 60.4 Å². The topological polar surface area (TPSA) is 57.7 Å². The van der Waals surface area contributed by atoms with Gasteiger partial charge in [0.25, 0.3) is 0 Å². The number of benzene rings is 1. The third-order valence-electron chi connectivity index (χ3n) is 6.08. The maximum atomic E-state index is 12.5. The van der Waals surface area contributed by atoms with E-state index in [-0.39, 0.29) is 18.1 Å². The minimum absolute atomic E-state index is 0.0505. The molecule has 2 saturated heterocycles. The highest BCUT2D eigenvalue weighted by Crippen LogP contribution is 2.29. The van der Waals surface area contributed by atoms with Crippen LogP contribution in [0.3, 0.4) is 0 Å². The Hall–Kier alpha value is -2.44. The van der Waals surface area contributed by atoms with Crippen molar-refractivity contribution < 1.29 is 9.53 Å². The normalized spacial score (nSPS) is 23.8. The minimum atomic E-state index is -0.106. The molecule has 0 spiro atoms. The van der Waals surface area contributed by atoms with Crippen LogP contribution in [0.4, 0.5) is 0 Å². The molecule has 1 amide bonds. The Morgan fingerprint density at radius 1 is 1.14 bits per heavy atom. The summed E-state index contributed by atoms with van der Waals surface area (Å²) in [6, 6.07) is 14.4. The molecular formula is C23H30N4O2. The summed E-state index contributed by atoms with van der Waals surface area (Å²) < 4.78 is 6.18. The van der Waals surface area contributed by atoms with Crippen LogP contribution in [0.25, 0.3) is 0 Å². The van der Waals surface area contributed by atoms with Gasteiger partial charge in [0.05, 0.1) is 6.04 Å². The van der Waals surface area contributed by atoms with E-state index in [0.717, 1.165) is 51.2 Å². The van der Waals surface area contributed by atoms with E-state index >= 15 is 0 Å². The highest BCUT2D eigenvalue weighted by Gasteiger charge is 2.41. The number of aromatic nitrogens is 1. The number of likely N-dealkylation sites (tertiary alicyclic amines) is 2. The summed E-state index contributed by atoms with van der Waals surface area (Å²) in [5.41, 5.74) is 1.30. The molecule has 6 nitrogen and oxygen atoms in total. The lowest BCUT2D eigenvalue weighted by Crippen LogP contribution is -2.50. The van der Waals surface area contributed by atoms with E-state index in [2.05, 4.69) is 32.2 Å². The first-order chi connectivity index (χ1) is 14.2. The summed E-state index contributed by atoms with van der Waals surface area (Å²) in [5, 5.41) is 2.85. The number of nitrogens with one attached hydrogen (secondary N) is 1. The summed E-state index contributed by atoms with van der Waals surface area (Å²) in [5.74, 6) is 0.977. The van der Waals surface area contributed by atoms with E-state index in [9.17, 15) is 4.79 Å². The van der Waals surface area contributed by atoms with Gasteiger partial charge in [-0.25, -0.2) is 0 Å². The van der Waals surface area contributed by atoms with Crippen LogP contribution in [0.5, 0.6) is 5.75 Å². The Bertz CT molecular complexity index is 778. The number of ether oxygens (including phenoxy) is 1. The Kier molecular flexibility index (Phi) is 6.42. The number of pyridine rings is 1. The van der Waals surface area contributed by atoms with E-state index in [4.69, 9.17) is 4.74 Å². The van der Waals surface area contributed by atoms with E-state index in [1.165, 1.54) is 5.56 Å². The van der Waals surface area contributed by atoms with Gasteiger partial charge in [-0.1, -0.05) is 18.2 Å². The van der Waals surface area contributed by atoms with Crippen molar-refractivity contribution >= 4 is 5.91 Å². The quantitative estimate of drug-likeness (QED) is 0.815. The number of para-hydroxylation sites is 1. The molecule has 2 fully saturated rings. The number of rotatable bonds is 6. The van der Waals surface area contributed by atoms with Gasteiger partial charge in [-0.3, -0.25) is 19.6 Å². The molecular weight excluding hydrogens is 364 g/mol. The zero-order valence-corrected chi connectivity index (χ0v) is 17.0. The highest BCUT2D eigenvalue weighted by molar-refractivity contribution is 5.81. The highest BCUT2D eigenvalue weighted by atomic mass is 16.5. The number of amides is 1. The number of hydrogen-bond donors (Lipinski definition) is 1. The van der Waals surface area contributed by atoms with Gasteiger partial charge in [0.2, 0.25) is 5.91 Å². The summed E-state index contributed by atoms with van der Waals surface area (Å²) in [6.07, 6.45) is 6.66. The molecule has 1 aromatic carbocycles. The number of nitrogens with zero attached hydrogens (tertiary/aromatic N) is 3. The second-order valence-corrected chi connectivity index (χ2v) is 7.98. The molecule has 2 aliphatic heterocycles. The van der Waals surface area contributed by atoms with Crippen molar-refractivity contribution in [1.82, 2.24) is 20.1 Å². The van der Waals surface area contributed by atoms with Crippen LogP contribution < -0.4 is 10.1 Å². The Morgan fingerprint density at radius 3 is 2.55 bits per heavy atom. The molecule has 6 heteroatoms. The van der Waals surface area contributed by atoms with Crippen LogP contribution in [0, 0.1) is 0 Å². The van der Waals surface area contributed by atoms with Gasteiger partial charge in [0.1, 0.15) is 11.9 Å². The molecule has 0 radical (unpaired) electrons. The van der Waals surface area contributed by atoms with Crippen LogP contribution in [0.2, 0.25) is 0 Å². The van der Waals surface area contributed by atoms with Gasteiger partial charge in [0.15, 0.2) is 0 Å². The van der Waals surface area contributed by atoms with Gasteiger partial charge in [-0.15, -0.1) is 0 Å². The smallest absolute Gasteiger partial charge is 0.237 e. The molecule has 29 heavy (non-hydrogen) atoms. The molecule has 3 heterocycles. The summed E-state index contributed by atoms with van der Waals surface area (Å²) in [7, 11) is 1.73. The van der Waals surface area contributed by atoms with Gasteiger partial charge in [-0.2, -0.15) is 0 Å². The summed E-state index contributed by atoms with van der Waals surface area (Å²) in [6.45, 7) is 3.87. The fourth-order valence-electron chi connectivity index (χ4n) is 4.58. The van der Waals surface area contributed by atoms with Gasteiger partial charge < -0.3 is 10.1 Å². The van der Waals surface area contributed by atoms with E-state index in [1.807, 2.05) is 42.7 Å². The van der Waals surface area contributed by atoms with Crippen molar-refractivity contribution in [2.45, 2.75) is 44.0 Å². The molecule has 4 rings (SSSR count). The first-order valence-corrected chi connectivity index (χ1v) is 10.5. The molecule has 0 saturated carbocycles. The summed E-state index contributed by atoms with van der Waals surface area (Å²) >= 11 is 0. The van der Waals surface area contributed by atoms with Crippen LogP contribution >= 0.6 is 0 Å². The first-order valence-electron chi connectivity index (χ1n) is 10.5. The van der Waals surface area contributed by atoms with Crippen molar-refractivity contribution in [2.24, 2.45) is 0 Å². The minimum Gasteiger partial charge on any atom is -0.489 e. The maximum absolute atomic E-state index is 12.5. The molecule has 1 N–H and O–H groups in total. The monoisotopic (exact) mass is 394 g/mol. The first kappa shape index (κ1) is 19.9. The zero-order valence-electron chi connectivity index (χ0n) is 17.0. The zero-order chi connectivity index (χ0) is 20.1. The molecule has 0 aliphatic carbocycles. The number of carbonyl (C=O) groups excluding carboxylic acids is 1. The van der Waals surface area contributed by atoms with E-state index in [1.54, 1.807) is 7.05 Å². The molecule has 154 valence electrons. The number of carbonyl (C=O) groups is 1. The second kappa shape index (κ2) is 9.37. The van der Waals surface area contributed by atoms with Crippen LogP contribution in [-0.2, 0) is 11.3 Å². The fraction of sp³-hybridized carbons (Fsp3) is 0.478. The third-order valence-corrected chi connectivity index (χ3v) is 6.08. The molecule has 0 bridgehead atoms. The summed E-state index contributed by atoms with van der Waals surface area (Å²) in [4.78, 5) is 21.5. The standard InChI is InChI=1S/C23H30N4O2/c1-24-23(28)22-15-21(29-20-5-3-2-4-6-20)17-27(22)19-9-13-26(14-10-19)16-18-7-11-25-12-8-18/h2-8,11-12,19,21-22H,9-10,13-17H2,1H3,(H,24,28)/t21-,22-/m0/s1. The van der Waals surface area contributed by atoms with Crippen molar-refractivity contribution in [3.8, 4) is 5.75 Å². The average molecular weight is 395 g/mol.